The fraction of sp³-hybridized carbons (Fsp3) is 0.222. The van der Waals surface area contributed by atoms with Crippen molar-refractivity contribution in [2.45, 2.75) is 0 Å². The van der Waals surface area contributed by atoms with Gasteiger partial charge in [0, 0.05) is 17.6 Å². The summed E-state index contributed by atoms with van der Waals surface area (Å²) in [5, 5.41) is 6.87. The van der Waals surface area contributed by atoms with Gasteiger partial charge in [0.25, 0.3) is 0 Å². The normalized spacial score (nSPS) is 14.9. The maximum absolute atomic E-state index is 6.02. The molecule has 0 radical (unpaired) electrons. The van der Waals surface area contributed by atoms with E-state index in [1.165, 1.54) is 0 Å². The van der Waals surface area contributed by atoms with Gasteiger partial charge in [0.1, 0.15) is 0 Å². The highest BCUT2D eigenvalue weighted by atomic mass is 79.9. The molecule has 74 valence electrons. The minimum Gasteiger partial charge on any atom is -0.354 e. The van der Waals surface area contributed by atoms with Crippen LogP contribution in [-0.4, -0.2) is 19.0 Å². The number of benzene rings is 1. The van der Waals surface area contributed by atoms with Crippen molar-refractivity contribution < 1.29 is 0 Å². The van der Waals surface area contributed by atoms with E-state index in [0.29, 0.717) is 5.02 Å². The van der Waals surface area contributed by atoms with Crippen molar-refractivity contribution in [3.05, 3.63) is 27.7 Å². The Bertz CT molecular complexity index is 370. The highest BCUT2D eigenvalue weighted by molar-refractivity contribution is 9.10. The van der Waals surface area contributed by atoms with Gasteiger partial charge in [-0.15, -0.1) is 0 Å². The molecule has 0 atom stereocenters. The Morgan fingerprint density at radius 2 is 2.00 bits per heavy atom. The topological polar surface area (TPSA) is 36.4 Å². The lowest BCUT2D eigenvalue weighted by molar-refractivity contribution is 0.942. The average Bonchev–Trinajstić information content (AvgIpc) is 2.62. The molecule has 1 fully saturated rings. The van der Waals surface area contributed by atoms with Gasteiger partial charge in [0.15, 0.2) is 5.96 Å². The van der Waals surface area contributed by atoms with Crippen LogP contribution in [0, 0.1) is 0 Å². The van der Waals surface area contributed by atoms with Crippen LogP contribution in [0.25, 0.3) is 0 Å². The first-order valence-electron chi connectivity index (χ1n) is 4.27. The Hall–Kier alpha value is -0.740. The molecule has 1 heterocycles. The van der Waals surface area contributed by atoms with Crippen molar-refractivity contribution >= 4 is 39.2 Å². The Morgan fingerprint density at radius 1 is 1.29 bits per heavy atom. The summed E-state index contributed by atoms with van der Waals surface area (Å²) in [5.41, 5.74) is 0.770. The average molecular weight is 275 g/mol. The van der Waals surface area contributed by atoms with Gasteiger partial charge in [-0.1, -0.05) is 27.5 Å². The van der Waals surface area contributed by atoms with Crippen molar-refractivity contribution in [3.63, 3.8) is 0 Å². The van der Waals surface area contributed by atoms with Crippen molar-refractivity contribution in [1.82, 2.24) is 10.6 Å². The van der Waals surface area contributed by atoms with E-state index in [9.17, 15) is 0 Å². The molecule has 1 aliphatic heterocycles. The molecule has 1 aromatic rings. The van der Waals surface area contributed by atoms with Crippen LogP contribution >= 0.6 is 27.5 Å². The molecule has 2 rings (SSSR count). The first-order chi connectivity index (χ1) is 6.75. The maximum atomic E-state index is 6.02. The minimum atomic E-state index is 0.641. The standard InChI is InChI=1S/C9H9BrClN3/c10-6-1-2-8(7(11)5-6)14-9-12-3-4-13-9/h1-2,5H,3-4H2,(H2,12,13,14). The second-order valence-corrected chi connectivity index (χ2v) is 4.23. The third-order valence-corrected chi connectivity index (χ3v) is 2.65. The Morgan fingerprint density at radius 3 is 2.64 bits per heavy atom. The van der Waals surface area contributed by atoms with Gasteiger partial charge in [0.2, 0.25) is 0 Å². The summed E-state index contributed by atoms with van der Waals surface area (Å²) >= 11 is 9.36. The zero-order valence-corrected chi connectivity index (χ0v) is 9.69. The van der Waals surface area contributed by atoms with Crippen molar-refractivity contribution in [2.24, 2.45) is 4.99 Å². The molecule has 0 aliphatic carbocycles. The fourth-order valence-corrected chi connectivity index (χ4v) is 1.91. The van der Waals surface area contributed by atoms with Crippen molar-refractivity contribution in [2.75, 3.05) is 13.1 Å². The minimum absolute atomic E-state index is 0.641. The van der Waals surface area contributed by atoms with Crippen LogP contribution < -0.4 is 10.6 Å². The number of guanidine groups is 1. The molecular weight excluding hydrogens is 265 g/mol. The molecule has 1 saturated heterocycles. The van der Waals surface area contributed by atoms with Gasteiger partial charge in [-0.2, -0.15) is 0 Å². The summed E-state index contributed by atoms with van der Waals surface area (Å²) < 4.78 is 0.957. The van der Waals surface area contributed by atoms with E-state index in [1.807, 2.05) is 18.2 Å². The molecule has 5 heteroatoms. The summed E-state index contributed by atoms with van der Waals surface area (Å²) in [6, 6.07) is 5.62. The summed E-state index contributed by atoms with van der Waals surface area (Å²) in [6.07, 6.45) is 0. The maximum Gasteiger partial charge on any atom is 0.196 e. The van der Waals surface area contributed by atoms with Crippen LogP contribution in [0.4, 0.5) is 5.69 Å². The first-order valence-corrected chi connectivity index (χ1v) is 5.44. The summed E-state index contributed by atoms with van der Waals surface area (Å²) in [5.74, 6) is 0.786. The highest BCUT2D eigenvalue weighted by Gasteiger charge is 2.06. The predicted octanol–water partition coefficient (Wildman–Crippen LogP) is 2.28. The molecule has 14 heavy (non-hydrogen) atoms. The van der Waals surface area contributed by atoms with Gasteiger partial charge in [-0.25, -0.2) is 4.99 Å². The van der Waals surface area contributed by atoms with Crippen LogP contribution in [0.1, 0.15) is 0 Å². The number of hydrogen-bond acceptors (Lipinski definition) is 1. The number of aliphatic imine (C=N–C) groups is 1. The molecule has 0 aromatic heterocycles. The van der Waals surface area contributed by atoms with Gasteiger partial charge in [-0.3, -0.25) is 0 Å². The van der Waals surface area contributed by atoms with Crippen LogP contribution in [-0.2, 0) is 0 Å². The third-order valence-electron chi connectivity index (χ3n) is 1.85. The number of halogens is 2. The number of hydrogen-bond donors (Lipinski definition) is 2. The van der Waals surface area contributed by atoms with Crippen molar-refractivity contribution in [1.29, 1.82) is 0 Å². The molecule has 2 N–H and O–H groups in total. The molecule has 0 saturated carbocycles. The molecule has 3 nitrogen and oxygen atoms in total. The van der Waals surface area contributed by atoms with E-state index in [4.69, 9.17) is 11.6 Å². The summed E-state index contributed by atoms with van der Waals surface area (Å²) in [4.78, 5) is 4.34. The molecule has 0 spiro atoms. The van der Waals surface area contributed by atoms with E-state index < -0.39 is 0 Å². The number of rotatable bonds is 1. The molecule has 0 bridgehead atoms. The van der Waals surface area contributed by atoms with Crippen molar-refractivity contribution in [3.8, 4) is 0 Å². The zero-order valence-electron chi connectivity index (χ0n) is 7.35. The zero-order chi connectivity index (χ0) is 9.97. The lowest BCUT2D eigenvalue weighted by Gasteiger charge is -2.01. The smallest absolute Gasteiger partial charge is 0.196 e. The molecule has 1 aromatic carbocycles. The van der Waals surface area contributed by atoms with Gasteiger partial charge in [0.05, 0.1) is 10.7 Å². The summed E-state index contributed by atoms with van der Waals surface area (Å²) in [7, 11) is 0. The van der Waals surface area contributed by atoms with E-state index in [-0.39, 0.29) is 0 Å². The monoisotopic (exact) mass is 273 g/mol. The number of nitrogens with zero attached hydrogens (tertiary/aromatic N) is 1. The van der Waals surface area contributed by atoms with Gasteiger partial charge >= 0.3 is 0 Å². The lowest BCUT2D eigenvalue weighted by Crippen LogP contribution is -2.23. The number of nitrogens with one attached hydrogen (secondary N) is 2. The highest BCUT2D eigenvalue weighted by Crippen LogP contribution is 2.27. The van der Waals surface area contributed by atoms with Gasteiger partial charge in [-0.05, 0) is 18.2 Å². The molecule has 0 unspecified atom stereocenters. The lowest BCUT2D eigenvalue weighted by atomic mass is 10.3. The van der Waals surface area contributed by atoms with E-state index in [1.54, 1.807) is 0 Å². The molecule has 0 amide bonds. The summed E-state index contributed by atoms with van der Waals surface area (Å²) in [6.45, 7) is 1.82. The van der Waals surface area contributed by atoms with Crippen LogP contribution in [0.3, 0.4) is 0 Å². The second-order valence-electron chi connectivity index (χ2n) is 2.91. The second kappa shape index (κ2) is 4.19. The van der Waals surface area contributed by atoms with Crippen LogP contribution in [0.2, 0.25) is 5.02 Å². The Labute approximate surface area is 95.7 Å². The van der Waals surface area contributed by atoms with Crippen LogP contribution in [0.15, 0.2) is 27.7 Å². The Balaban J connectivity index is 2.28. The quantitative estimate of drug-likeness (QED) is 0.824. The SMILES string of the molecule is Clc1cc(Br)ccc1N=C1NCCN1. The largest absolute Gasteiger partial charge is 0.354 e. The Kier molecular flexibility index (Phi) is 2.93. The third kappa shape index (κ3) is 2.19. The fourth-order valence-electron chi connectivity index (χ4n) is 1.20. The molecular formula is C9H9BrClN3. The van der Waals surface area contributed by atoms with Gasteiger partial charge < -0.3 is 10.6 Å². The van der Waals surface area contributed by atoms with E-state index in [2.05, 4.69) is 31.6 Å². The van der Waals surface area contributed by atoms with E-state index in [0.717, 1.165) is 29.2 Å². The first kappa shape index (κ1) is 9.80. The molecule has 1 aliphatic rings. The van der Waals surface area contributed by atoms with E-state index >= 15 is 0 Å². The van der Waals surface area contributed by atoms with Crippen LogP contribution in [0.5, 0.6) is 0 Å². The predicted molar refractivity (Wildman–Crippen MR) is 62.3 cm³/mol.